The van der Waals surface area contributed by atoms with E-state index >= 15 is 0 Å². The predicted molar refractivity (Wildman–Crippen MR) is 99.0 cm³/mol. The Hall–Kier alpha value is -2.56. The van der Waals surface area contributed by atoms with Crippen LogP contribution in [0, 0.1) is 0 Å². The Kier molecular flexibility index (Phi) is 5.53. The molecule has 2 aromatic rings. The molecule has 0 bridgehead atoms. The summed E-state index contributed by atoms with van der Waals surface area (Å²) >= 11 is 0. The van der Waals surface area contributed by atoms with E-state index < -0.39 is 0 Å². The van der Waals surface area contributed by atoms with Crippen LogP contribution >= 0.6 is 0 Å². The van der Waals surface area contributed by atoms with Gasteiger partial charge in [0, 0.05) is 37.8 Å². The van der Waals surface area contributed by atoms with Crippen molar-refractivity contribution in [3.8, 4) is 5.75 Å². The zero-order chi connectivity index (χ0) is 17.6. The van der Waals surface area contributed by atoms with E-state index in [1.54, 1.807) is 7.11 Å². The lowest BCUT2D eigenvalue weighted by Crippen LogP contribution is -2.40. The third kappa shape index (κ3) is 4.10. The van der Waals surface area contributed by atoms with Gasteiger partial charge in [-0.1, -0.05) is 18.2 Å². The molecule has 1 aromatic carbocycles. The zero-order valence-electron chi connectivity index (χ0n) is 14.9. The smallest absolute Gasteiger partial charge is 0.227 e. The van der Waals surface area contributed by atoms with E-state index in [9.17, 15) is 4.79 Å². The molecule has 0 radical (unpaired) electrons. The monoisotopic (exact) mass is 339 g/mol. The lowest BCUT2D eigenvalue weighted by Gasteiger charge is -2.33. The molecule has 2 heterocycles. The van der Waals surface area contributed by atoms with E-state index in [1.807, 2.05) is 42.4 Å². The number of likely N-dealkylation sites (tertiary alicyclic amines) is 1. The van der Waals surface area contributed by atoms with Gasteiger partial charge in [0.25, 0.3) is 0 Å². The number of anilines is 1. The molecule has 0 saturated carbocycles. The molecular formula is C20H25N3O2. The average Bonchev–Trinajstić information content (AvgIpc) is 2.68. The number of hydrogen-bond donors (Lipinski definition) is 1. The number of aromatic nitrogens is 1. The summed E-state index contributed by atoms with van der Waals surface area (Å²) in [4.78, 5) is 19.0. The van der Waals surface area contributed by atoms with Crippen LogP contribution in [0.5, 0.6) is 5.75 Å². The minimum absolute atomic E-state index is 0.164. The highest BCUT2D eigenvalue weighted by Gasteiger charge is 2.25. The molecular weight excluding hydrogens is 314 g/mol. The first-order valence-electron chi connectivity index (χ1n) is 8.74. The minimum Gasteiger partial charge on any atom is -0.496 e. The van der Waals surface area contributed by atoms with Crippen molar-refractivity contribution in [1.29, 1.82) is 0 Å². The molecule has 1 unspecified atom stereocenters. The van der Waals surface area contributed by atoms with E-state index in [0.717, 1.165) is 43.1 Å². The number of piperidine rings is 1. The van der Waals surface area contributed by atoms with Crippen LogP contribution in [0.3, 0.4) is 0 Å². The van der Waals surface area contributed by atoms with Gasteiger partial charge in [-0.15, -0.1) is 0 Å². The van der Waals surface area contributed by atoms with Crippen molar-refractivity contribution >= 4 is 11.7 Å². The first-order valence-corrected chi connectivity index (χ1v) is 8.74. The zero-order valence-corrected chi connectivity index (χ0v) is 14.9. The van der Waals surface area contributed by atoms with Crippen LogP contribution in [0.1, 0.15) is 29.9 Å². The molecule has 1 saturated heterocycles. The topological polar surface area (TPSA) is 54.5 Å². The highest BCUT2D eigenvalue weighted by Crippen LogP contribution is 2.28. The van der Waals surface area contributed by atoms with Gasteiger partial charge in [-0.3, -0.25) is 4.79 Å². The molecule has 1 aliphatic heterocycles. The summed E-state index contributed by atoms with van der Waals surface area (Å²) in [5, 5.41) is 3.08. The Balaban J connectivity index is 1.69. The fourth-order valence-corrected chi connectivity index (χ4v) is 3.44. The molecule has 25 heavy (non-hydrogen) atoms. The standard InChI is InChI=1S/C20H25N3O2/c1-21-19-12-15(9-10-22-19)17-7-5-11-23(14-17)20(24)13-16-6-3-4-8-18(16)25-2/h3-4,6,8-10,12,17H,5,7,11,13-14H2,1-2H3,(H,21,22). The fourth-order valence-electron chi connectivity index (χ4n) is 3.44. The van der Waals surface area contributed by atoms with Crippen molar-refractivity contribution in [2.45, 2.75) is 25.2 Å². The lowest BCUT2D eigenvalue weighted by molar-refractivity contribution is -0.131. The summed E-state index contributed by atoms with van der Waals surface area (Å²) in [5.74, 6) is 2.18. The molecule has 5 nitrogen and oxygen atoms in total. The van der Waals surface area contributed by atoms with Crippen LogP contribution in [0.4, 0.5) is 5.82 Å². The Morgan fingerprint density at radius 2 is 2.20 bits per heavy atom. The molecule has 0 spiro atoms. The van der Waals surface area contributed by atoms with E-state index in [1.165, 1.54) is 5.56 Å². The Labute approximate surface area is 149 Å². The molecule has 3 rings (SSSR count). The van der Waals surface area contributed by atoms with Crippen molar-refractivity contribution < 1.29 is 9.53 Å². The van der Waals surface area contributed by atoms with Gasteiger partial charge >= 0.3 is 0 Å². The maximum Gasteiger partial charge on any atom is 0.227 e. The normalized spacial score (nSPS) is 17.2. The number of carbonyl (C=O) groups excluding carboxylic acids is 1. The van der Waals surface area contributed by atoms with Gasteiger partial charge in [-0.05, 0) is 36.6 Å². The third-order valence-corrected chi connectivity index (χ3v) is 4.82. The van der Waals surface area contributed by atoms with E-state index in [4.69, 9.17) is 4.74 Å². The van der Waals surface area contributed by atoms with Gasteiger partial charge in [0.15, 0.2) is 0 Å². The number of rotatable bonds is 5. The van der Waals surface area contributed by atoms with Crippen molar-refractivity contribution in [2.24, 2.45) is 0 Å². The second kappa shape index (κ2) is 8.01. The summed E-state index contributed by atoms with van der Waals surface area (Å²) < 4.78 is 5.36. The van der Waals surface area contributed by atoms with Crippen molar-refractivity contribution in [3.63, 3.8) is 0 Å². The maximum absolute atomic E-state index is 12.8. The Bertz CT molecular complexity index is 732. The number of carbonyl (C=O) groups is 1. The first-order chi connectivity index (χ1) is 12.2. The van der Waals surface area contributed by atoms with Crippen molar-refractivity contribution in [1.82, 2.24) is 9.88 Å². The van der Waals surface area contributed by atoms with Gasteiger partial charge in [0.05, 0.1) is 13.5 Å². The summed E-state index contributed by atoms with van der Waals surface area (Å²) in [6.45, 7) is 1.59. The average molecular weight is 339 g/mol. The first kappa shape index (κ1) is 17.3. The van der Waals surface area contributed by atoms with Gasteiger partial charge in [0.2, 0.25) is 5.91 Å². The summed E-state index contributed by atoms with van der Waals surface area (Å²) in [6, 6.07) is 11.9. The quantitative estimate of drug-likeness (QED) is 0.909. The summed E-state index contributed by atoms with van der Waals surface area (Å²) in [7, 11) is 3.51. The van der Waals surface area contributed by atoms with Crippen LogP contribution in [0.2, 0.25) is 0 Å². The molecule has 1 aromatic heterocycles. The molecule has 0 aliphatic carbocycles. The van der Waals surface area contributed by atoms with Crippen LogP contribution < -0.4 is 10.1 Å². The van der Waals surface area contributed by atoms with Gasteiger partial charge in [0.1, 0.15) is 11.6 Å². The lowest BCUT2D eigenvalue weighted by atomic mass is 9.91. The molecule has 1 aliphatic rings. The molecule has 1 N–H and O–H groups in total. The summed E-state index contributed by atoms with van der Waals surface area (Å²) in [5.41, 5.74) is 2.19. The number of hydrogen-bond acceptors (Lipinski definition) is 4. The molecule has 1 atom stereocenters. The number of nitrogens with zero attached hydrogens (tertiary/aromatic N) is 2. The van der Waals surface area contributed by atoms with E-state index in [2.05, 4.69) is 22.4 Å². The van der Waals surface area contributed by atoms with Crippen molar-refractivity contribution in [3.05, 3.63) is 53.7 Å². The Morgan fingerprint density at radius 3 is 3.00 bits per heavy atom. The fraction of sp³-hybridized carbons (Fsp3) is 0.400. The van der Waals surface area contributed by atoms with E-state index in [-0.39, 0.29) is 5.91 Å². The van der Waals surface area contributed by atoms with E-state index in [0.29, 0.717) is 12.3 Å². The number of methoxy groups -OCH3 is 1. The number of benzene rings is 1. The predicted octanol–water partition coefficient (Wildman–Crippen LogP) is 3.08. The van der Waals surface area contributed by atoms with Gasteiger partial charge in [-0.2, -0.15) is 0 Å². The van der Waals surface area contributed by atoms with Gasteiger partial charge in [-0.25, -0.2) is 4.98 Å². The molecule has 5 heteroatoms. The SMILES string of the molecule is CNc1cc(C2CCCN(C(=O)Cc3ccccc3OC)C2)ccn1. The molecule has 1 amide bonds. The van der Waals surface area contributed by atoms with Gasteiger partial charge < -0.3 is 15.0 Å². The number of para-hydroxylation sites is 1. The minimum atomic E-state index is 0.164. The van der Waals surface area contributed by atoms with Crippen LogP contribution in [0.25, 0.3) is 0 Å². The largest absolute Gasteiger partial charge is 0.496 e. The van der Waals surface area contributed by atoms with Crippen molar-refractivity contribution in [2.75, 3.05) is 32.6 Å². The van der Waals surface area contributed by atoms with Crippen LogP contribution in [-0.4, -0.2) is 43.0 Å². The second-order valence-corrected chi connectivity index (χ2v) is 6.39. The number of amides is 1. The highest BCUT2D eigenvalue weighted by molar-refractivity contribution is 5.79. The molecule has 1 fully saturated rings. The summed E-state index contributed by atoms with van der Waals surface area (Å²) in [6.07, 6.45) is 4.34. The third-order valence-electron chi connectivity index (χ3n) is 4.82. The molecule has 132 valence electrons. The second-order valence-electron chi connectivity index (χ2n) is 6.39. The number of pyridine rings is 1. The highest BCUT2D eigenvalue weighted by atomic mass is 16.5. The number of ether oxygens (including phenoxy) is 1. The van der Waals surface area contributed by atoms with Crippen LogP contribution in [0.15, 0.2) is 42.6 Å². The maximum atomic E-state index is 12.8. The van der Waals surface area contributed by atoms with Crippen LogP contribution in [-0.2, 0) is 11.2 Å². The number of nitrogens with one attached hydrogen (secondary N) is 1. The Morgan fingerprint density at radius 1 is 1.36 bits per heavy atom.